The lowest BCUT2D eigenvalue weighted by Crippen LogP contribution is -2.14. The summed E-state index contributed by atoms with van der Waals surface area (Å²) >= 11 is 0. The van der Waals surface area contributed by atoms with E-state index in [1.807, 2.05) is 0 Å². The van der Waals surface area contributed by atoms with Crippen LogP contribution >= 0.6 is 491 Å². The Kier molecular flexibility index (Phi) is 67.2. The van der Waals surface area contributed by atoms with E-state index in [0.717, 1.165) is 7.96 Å². The Morgan fingerprint density at radius 3 is 0.403 bits per heavy atom. The summed E-state index contributed by atoms with van der Waals surface area (Å²) in [5, 5.41) is 0. The molecule has 0 aliphatic heterocycles. The third-order valence-corrected chi connectivity index (χ3v) is 377. The molecule has 0 nitrogen and oxygen atoms in total. The molecule has 0 aliphatic carbocycles. The normalized spacial score (nSPS) is 16.2. The molecule has 0 amide bonds. The van der Waals surface area contributed by atoms with Gasteiger partial charge >= 0.3 is 0 Å². The molecular formula is CH65P61. The summed E-state index contributed by atoms with van der Waals surface area (Å²) in [7, 11) is 115. The minimum Gasteiger partial charge on any atom is -0.109 e. The highest BCUT2D eigenvalue weighted by Crippen LogP contribution is 3.44. The molecule has 0 rings (SSSR count). The maximum Gasteiger partial charge on any atom is 0.0860 e. The quantitative estimate of drug-likeness (QED) is 0.0655. The molecule has 0 N–H and O–H groups in total. The van der Waals surface area contributed by atoms with E-state index in [0.29, 0.717) is 4.38 Å². The first-order chi connectivity index (χ1) is 28.2. The highest BCUT2D eigenvalue weighted by molar-refractivity contribution is 9.36. The van der Waals surface area contributed by atoms with Gasteiger partial charge in [-0.3, -0.25) is 0 Å². The van der Waals surface area contributed by atoms with Gasteiger partial charge in [-0.1, -0.05) is 7.96 Å². The minimum atomic E-state index is -0.439. The molecule has 0 bridgehead atoms. The van der Waals surface area contributed by atoms with E-state index in [1.165, 1.54) is 0 Å². The first-order valence-corrected chi connectivity index (χ1v) is 123. The summed E-state index contributed by atoms with van der Waals surface area (Å²) in [5.74, 6) is 0. The highest BCUT2D eigenvalue weighted by atomic mass is 33.3. The number of hydrogen-bond acceptors (Lipinski definition) is 0. The monoisotopic (exact) mass is 1970 g/mol. The van der Waals surface area contributed by atoms with Crippen molar-refractivity contribution in [2.75, 3.05) is 0 Å². The van der Waals surface area contributed by atoms with Gasteiger partial charge in [0.05, 0.1) is 4.38 Å². The van der Waals surface area contributed by atoms with Crippen LogP contribution in [0.2, 0.25) is 0 Å². The van der Waals surface area contributed by atoms with Gasteiger partial charge in [0.25, 0.3) is 0 Å². The molecule has 0 aromatic heterocycles. The van der Waals surface area contributed by atoms with Crippen molar-refractivity contribution < 1.29 is 0 Å². The van der Waals surface area contributed by atoms with Crippen LogP contribution in [0.5, 0.6) is 0 Å². The average molecular weight is 1970 g/mol. The lowest BCUT2D eigenvalue weighted by molar-refractivity contribution is 1.87. The van der Waals surface area contributed by atoms with Gasteiger partial charge < -0.3 is 0 Å². The van der Waals surface area contributed by atoms with Gasteiger partial charge in [-0.15, -0.1) is 286 Å². The lowest BCUT2D eigenvalue weighted by atomic mass is 11.8. The highest BCUT2D eigenvalue weighted by Gasteiger charge is 2.72. The molecule has 0 fully saturated rings. The largest absolute Gasteiger partial charge is 0.109 e. The first-order valence-electron chi connectivity index (χ1n) is 14.2. The summed E-state index contributed by atoms with van der Waals surface area (Å²) in [6.45, 7) is -7.84. The van der Waals surface area contributed by atoms with Crippen molar-refractivity contribution >= 4 is 491 Å². The van der Waals surface area contributed by atoms with Crippen molar-refractivity contribution in [2.45, 2.75) is 4.38 Å². The predicted molar refractivity (Wildman–Crippen MR) is 516 cm³/mol. The van der Waals surface area contributed by atoms with Crippen LogP contribution in [0.4, 0.5) is 0 Å². The molecule has 62 heavy (non-hydrogen) atoms. The molecule has 374 valence electrons. The van der Waals surface area contributed by atoms with Crippen LogP contribution in [0.3, 0.4) is 0 Å². The predicted octanol–water partition coefficient (Wildman–Crippen LogP) is 34.9. The Hall–Kier alpha value is 26.2. The molecule has 0 aliphatic rings. The molecule has 0 aromatic rings. The Balaban J connectivity index is 11.7. The Morgan fingerprint density at radius 1 is 0.194 bits per heavy atom. The van der Waals surface area contributed by atoms with E-state index in [1.54, 1.807) is 0 Å². The van der Waals surface area contributed by atoms with Gasteiger partial charge in [-0.2, -0.15) is 0 Å². The van der Waals surface area contributed by atoms with Crippen LogP contribution < -0.4 is 0 Å². The van der Waals surface area contributed by atoms with E-state index >= 15 is 0 Å². The zero-order valence-electron chi connectivity index (χ0n) is 32.0. The summed E-state index contributed by atoms with van der Waals surface area (Å²) in [6.07, 6.45) is 0. The molecule has 0 saturated carbocycles. The van der Waals surface area contributed by atoms with Gasteiger partial charge in [0, 0.05) is 0 Å². The van der Waals surface area contributed by atoms with E-state index < -0.39 is 29.2 Å². The summed E-state index contributed by atoms with van der Waals surface area (Å²) in [4.78, 5) is 0. The molecular weight excluding hydrogens is 1900 g/mol. The zero-order chi connectivity index (χ0) is 49.4. The number of hydrogen-bond donors (Lipinski definition) is 0. The first kappa shape index (κ1) is 88.2. The third-order valence-electron chi connectivity index (χ3n) is 5.85. The van der Waals surface area contributed by atoms with Crippen LogP contribution in [0.25, 0.3) is 0 Å². The zero-order valence-corrected chi connectivity index (χ0v) is 95.0. The fraction of sp³-hybridized carbons (Fsp3) is 1.00. The second-order valence-corrected chi connectivity index (χ2v) is 247. The molecule has 0 spiro atoms. The van der Waals surface area contributed by atoms with Gasteiger partial charge in [-0.05, 0) is 197 Å². The molecule has 61 heteroatoms. The smallest absolute Gasteiger partial charge is 0.0860 e. The van der Waals surface area contributed by atoms with Crippen LogP contribution in [-0.4, -0.2) is 4.38 Å². The van der Waals surface area contributed by atoms with Crippen LogP contribution in [-0.2, 0) is 0 Å². The molecule has 0 aromatic carbocycles. The van der Waals surface area contributed by atoms with Crippen LogP contribution in [0, 0.1) is 0 Å². The van der Waals surface area contributed by atoms with Crippen molar-refractivity contribution in [3.05, 3.63) is 0 Å². The van der Waals surface area contributed by atoms with Crippen LogP contribution in [0.1, 0.15) is 0 Å². The number of rotatable bonds is 29. The SMILES string of the molecule is PPP(P)P(P(P)P)P(P(P(P)P)P(P)P)C(P(P(P(P)P)P(P)P)P(P(P)P)P(P)P)(P(P(P(P)P)P(P)P)P(P(P)P)P(P)P)P(P(P(P)P)P(P)P)P(P(P)P)P(P)P. The Morgan fingerprint density at radius 2 is 0.306 bits per heavy atom. The summed E-state index contributed by atoms with van der Waals surface area (Å²) in [6, 6.07) is 0. The molecule has 36 atom stereocenters. The summed E-state index contributed by atoms with van der Waals surface area (Å²) < 4.78 is 0.379. The van der Waals surface area contributed by atoms with Crippen molar-refractivity contribution in [3.63, 3.8) is 0 Å². The molecule has 0 radical (unpaired) electrons. The molecule has 0 saturated heterocycles. The lowest BCUT2D eigenvalue weighted by Gasteiger charge is -2.69. The van der Waals surface area contributed by atoms with Crippen molar-refractivity contribution in [1.82, 2.24) is 0 Å². The van der Waals surface area contributed by atoms with Crippen molar-refractivity contribution in [3.8, 4) is 0 Å². The average Bonchev–Trinajstić information content (AvgIpc) is 3.05. The molecule has 0 heterocycles. The van der Waals surface area contributed by atoms with Gasteiger partial charge in [0.1, 0.15) is 0 Å². The standard InChI is InChI=1S/CH65P61/c2-34-54(33)62(53(31)32)38(61(51(27)28)52(29)30)1(35(55(39(3)4)40(5)6)56(41(7)8)42(9)10,36(57(43(11)12)44(13)14)58(45(15)16)46(17)18)37(59(47(19)20)48(21)22)60(49(23)24)50(25)26/h34H,2-33H2. The maximum atomic E-state index is 3.71. The topological polar surface area (TPSA) is 0 Å². The maximum absolute atomic E-state index is 3.71. The minimum absolute atomic E-state index is 0.240. The second kappa shape index (κ2) is 47.2. The van der Waals surface area contributed by atoms with Gasteiger partial charge in [0.15, 0.2) is 0 Å². The van der Waals surface area contributed by atoms with E-state index in [4.69, 9.17) is 0 Å². The third kappa shape index (κ3) is 28.5. The van der Waals surface area contributed by atoms with E-state index in [-0.39, 0.29) is 168 Å². The fourth-order valence-corrected chi connectivity index (χ4v) is 674. The van der Waals surface area contributed by atoms with E-state index in [2.05, 4.69) is 286 Å². The van der Waals surface area contributed by atoms with Gasteiger partial charge in [-0.25, -0.2) is 0 Å². The van der Waals surface area contributed by atoms with Gasteiger partial charge in [0.2, 0.25) is 0 Å². The Labute approximate surface area is 487 Å². The van der Waals surface area contributed by atoms with E-state index in [9.17, 15) is 0 Å². The summed E-state index contributed by atoms with van der Waals surface area (Å²) in [5.41, 5.74) is 0. The molecule has 36 unspecified atom stereocenters. The van der Waals surface area contributed by atoms with Crippen LogP contribution in [0.15, 0.2) is 0 Å². The Bertz CT molecular complexity index is 936. The van der Waals surface area contributed by atoms with Crippen molar-refractivity contribution in [2.24, 2.45) is 0 Å². The second-order valence-electron chi connectivity index (χ2n) is 10.1. The van der Waals surface area contributed by atoms with Crippen molar-refractivity contribution in [1.29, 1.82) is 0 Å². The fourth-order valence-electron chi connectivity index (χ4n) is 4.28.